The molecule has 0 aliphatic carbocycles. The number of nitrogens with zero attached hydrogens (tertiary/aromatic N) is 1. The predicted octanol–water partition coefficient (Wildman–Crippen LogP) is 1.95. The monoisotopic (exact) mass is 305 g/mol. The van der Waals surface area contributed by atoms with Crippen molar-refractivity contribution in [3.63, 3.8) is 0 Å². The average Bonchev–Trinajstić information content (AvgIpc) is 2.97. The number of hydrogen-bond acceptors (Lipinski definition) is 4. The molecule has 2 N–H and O–H groups in total. The van der Waals surface area contributed by atoms with Gasteiger partial charge in [-0.25, -0.2) is 8.42 Å². The predicted molar refractivity (Wildman–Crippen MR) is 82.0 cm³/mol. The molecule has 1 fully saturated rings. The minimum atomic E-state index is -3.15. The van der Waals surface area contributed by atoms with E-state index in [0.717, 1.165) is 37.2 Å². The van der Waals surface area contributed by atoms with E-state index in [9.17, 15) is 8.42 Å². The Morgan fingerprint density at radius 3 is 2.43 bits per heavy atom. The summed E-state index contributed by atoms with van der Waals surface area (Å²) in [6, 6.07) is 8.94. The second kappa shape index (κ2) is 5.61. The molecular weight excluding hydrogens is 286 g/mol. The molecule has 0 spiro atoms. The molecular formula is C15H19N3O2S. The third kappa shape index (κ3) is 3.16. The van der Waals surface area contributed by atoms with Gasteiger partial charge >= 0.3 is 0 Å². The molecule has 0 atom stereocenters. The number of piperidine rings is 1. The lowest BCUT2D eigenvalue weighted by Gasteiger charge is -2.20. The lowest BCUT2D eigenvalue weighted by Crippen LogP contribution is -2.26. The molecule has 1 aromatic carbocycles. The summed E-state index contributed by atoms with van der Waals surface area (Å²) in [7, 11) is -3.15. The fourth-order valence-electron chi connectivity index (χ4n) is 2.70. The highest BCUT2D eigenvalue weighted by Gasteiger charge is 2.18. The zero-order valence-corrected chi connectivity index (χ0v) is 12.8. The highest BCUT2D eigenvalue weighted by atomic mass is 32.2. The van der Waals surface area contributed by atoms with E-state index in [1.807, 2.05) is 0 Å². The van der Waals surface area contributed by atoms with Crippen LogP contribution in [0.25, 0.3) is 11.3 Å². The summed E-state index contributed by atoms with van der Waals surface area (Å²) in [5, 5.41) is 10.8. The molecule has 6 heteroatoms. The van der Waals surface area contributed by atoms with E-state index in [4.69, 9.17) is 0 Å². The quantitative estimate of drug-likeness (QED) is 0.909. The van der Waals surface area contributed by atoms with Crippen LogP contribution in [0.3, 0.4) is 0 Å². The van der Waals surface area contributed by atoms with Crippen molar-refractivity contribution >= 4 is 9.84 Å². The van der Waals surface area contributed by atoms with Gasteiger partial charge in [-0.05, 0) is 44.1 Å². The van der Waals surface area contributed by atoms with E-state index in [1.165, 1.54) is 11.9 Å². The zero-order chi connectivity index (χ0) is 14.9. The van der Waals surface area contributed by atoms with Crippen molar-refractivity contribution in [2.75, 3.05) is 19.3 Å². The molecule has 0 bridgehead atoms. The number of rotatable bonds is 3. The van der Waals surface area contributed by atoms with Crippen LogP contribution in [-0.2, 0) is 9.84 Å². The summed E-state index contributed by atoms with van der Waals surface area (Å²) in [5.41, 5.74) is 2.96. The van der Waals surface area contributed by atoms with E-state index in [2.05, 4.69) is 21.6 Å². The molecule has 21 heavy (non-hydrogen) atoms. The minimum Gasteiger partial charge on any atom is -0.317 e. The maximum Gasteiger partial charge on any atom is 0.175 e. The first-order valence-corrected chi connectivity index (χ1v) is 9.00. The summed E-state index contributed by atoms with van der Waals surface area (Å²) >= 11 is 0. The van der Waals surface area contributed by atoms with Crippen LogP contribution in [0.4, 0.5) is 0 Å². The summed E-state index contributed by atoms with van der Waals surface area (Å²) in [6.07, 6.45) is 3.45. The molecule has 3 rings (SSSR count). The van der Waals surface area contributed by atoms with Crippen LogP contribution in [-0.4, -0.2) is 38.0 Å². The van der Waals surface area contributed by atoms with Crippen LogP contribution in [0, 0.1) is 0 Å². The fraction of sp³-hybridized carbons (Fsp3) is 0.400. The SMILES string of the molecule is CS(=O)(=O)c1ccc(-c2cc(C3CCNCC3)[nH]n2)cc1. The van der Waals surface area contributed by atoms with Gasteiger partial charge in [0.25, 0.3) is 0 Å². The van der Waals surface area contributed by atoms with Crippen LogP contribution in [0.5, 0.6) is 0 Å². The number of benzene rings is 1. The molecule has 2 aromatic rings. The third-order valence-corrected chi connectivity index (χ3v) is 5.08. The highest BCUT2D eigenvalue weighted by Crippen LogP contribution is 2.27. The largest absolute Gasteiger partial charge is 0.317 e. The lowest BCUT2D eigenvalue weighted by atomic mass is 9.94. The van der Waals surface area contributed by atoms with E-state index < -0.39 is 9.84 Å². The molecule has 1 aliphatic heterocycles. The first kappa shape index (κ1) is 14.3. The molecule has 2 heterocycles. The van der Waals surface area contributed by atoms with Crippen molar-refractivity contribution < 1.29 is 8.42 Å². The van der Waals surface area contributed by atoms with Gasteiger partial charge in [0.05, 0.1) is 10.6 Å². The molecule has 0 amide bonds. The van der Waals surface area contributed by atoms with Crippen molar-refractivity contribution in [1.29, 1.82) is 0 Å². The van der Waals surface area contributed by atoms with Crippen LogP contribution in [0.2, 0.25) is 0 Å². The number of aromatic amines is 1. The normalized spacial score (nSPS) is 17.0. The van der Waals surface area contributed by atoms with E-state index in [0.29, 0.717) is 10.8 Å². The van der Waals surface area contributed by atoms with Crippen LogP contribution in [0.15, 0.2) is 35.2 Å². The summed E-state index contributed by atoms with van der Waals surface area (Å²) in [5.74, 6) is 0.530. The summed E-state index contributed by atoms with van der Waals surface area (Å²) < 4.78 is 22.9. The van der Waals surface area contributed by atoms with E-state index >= 15 is 0 Å². The second-order valence-corrected chi connectivity index (χ2v) is 7.55. The highest BCUT2D eigenvalue weighted by molar-refractivity contribution is 7.90. The second-order valence-electron chi connectivity index (χ2n) is 5.53. The minimum absolute atomic E-state index is 0.334. The first-order chi connectivity index (χ1) is 10.0. The molecule has 1 aliphatic rings. The Hall–Kier alpha value is -1.66. The Morgan fingerprint density at radius 2 is 1.81 bits per heavy atom. The average molecular weight is 305 g/mol. The topological polar surface area (TPSA) is 74.8 Å². The molecule has 0 radical (unpaired) electrons. The van der Waals surface area contributed by atoms with Gasteiger partial charge in [-0.15, -0.1) is 0 Å². The Labute approximate surface area is 124 Å². The number of hydrogen-bond donors (Lipinski definition) is 2. The van der Waals surface area contributed by atoms with Crippen molar-refractivity contribution in [2.45, 2.75) is 23.7 Å². The molecule has 1 aromatic heterocycles. The van der Waals surface area contributed by atoms with Gasteiger partial charge in [-0.3, -0.25) is 5.10 Å². The van der Waals surface area contributed by atoms with Gasteiger partial charge in [0.2, 0.25) is 0 Å². The Morgan fingerprint density at radius 1 is 1.14 bits per heavy atom. The Balaban J connectivity index is 1.82. The van der Waals surface area contributed by atoms with Gasteiger partial charge in [0, 0.05) is 23.4 Å². The number of aromatic nitrogens is 2. The van der Waals surface area contributed by atoms with E-state index in [1.54, 1.807) is 24.3 Å². The third-order valence-electron chi connectivity index (χ3n) is 3.95. The molecule has 5 nitrogen and oxygen atoms in total. The number of nitrogens with one attached hydrogen (secondary N) is 2. The first-order valence-electron chi connectivity index (χ1n) is 7.10. The van der Waals surface area contributed by atoms with Crippen molar-refractivity contribution in [3.8, 4) is 11.3 Å². The smallest absolute Gasteiger partial charge is 0.175 e. The maximum atomic E-state index is 11.5. The van der Waals surface area contributed by atoms with Crippen LogP contribution in [0.1, 0.15) is 24.5 Å². The summed E-state index contributed by atoms with van der Waals surface area (Å²) in [6.45, 7) is 2.09. The Kier molecular flexibility index (Phi) is 3.82. The van der Waals surface area contributed by atoms with Gasteiger partial charge < -0.3 is 5.32 Å². The van der Waals surface area contributed by atoms with Gasteiger partial charge in [0.1, 0.15) is 0 Å². The van der Waals surface area contributed by atoms with Crippen molar-refractivity contribution in [1.82, 2.24) is 15.5 Å². The van der Waals surface area contributed by atoms with Crippen molar-refractivity contribution in [2.24, 2.45) is 0 Å². The lowest BCUT2D eigenvalue weighted by molar-refractivity contribution is 0.453. The number of H-pyrrole nitrogens is 1. The van der Waals surface area contributed by atoms with Crippen LogP contribution >= 0.6 is 0 Å². The van der Waals surface area contributed by atoms with Crippen LogP contribution < -0.4 is 5.32 Å². The molecule has 112 valence electrons. The standard InChI is InChI=1S/C15H19N3O2S/c1-21(19,20)13-4-2-11(3-5-13)14-10-15(18-17-14)12-6-8-16-9-7-12/h2-5,10,12,16H,6-9H2,1H3,(H,17,18). The molecule has 1 saturated heterocycles. The van der Waals surface area contributed by atoms with Gasteiger partial charge in [0.15, 0.2) is 9.84 Å². The Bertz CT molecular complexity index is 714. The zero-order valence-electron chi connectivity index (χ0n) is 12.0. The fourth-order valence-corrected chi connectivity index (χ4v) is 3.33. The van der Waals surface area contributed by atoms with Gasteiger partial charge in [-0.1, -0.05) is 12.1 Å². The molecule has 0 unspecified atom stereocenters. The van der Waals surface area contributed by atoms with E-state index in [-0.39, 0.29) is 0 Å². The number of sulfone groups is 1. The summed E-state index contributed by atoms with van der Waals surface area (Å²) in [4.78, 5) is 0.334. The maximum absolute atomic E-state index is 11.5. The van der Waals surface area contributed by atoms with Crippen molar-refractivity contribution in [3.05, 3.63) is 36.0 Å². The van der Waals surface area contributed by atoms with Gasteiger partial charge in [-0.2, -0.15) is 5.10 Å². The molecule has 0 saturated carbocycles.